The summed E-state index contributed by atoms with van der Waals surface area (Å²) in [5, 5.41) is 16.3. The summed E-state index contributed by atoms with van der Waals surface area (Å²) in [6.45, 7) is 1.51. The number of aromatic nitrogens is 2. The molecule has 0 aliphatic heterocycles. The number of nitrogens with one attached hydrogen (secondary N) is 1. The molecule has 8 nitrogen and oxygen atoms in total. The van der Waals surface area contributed by atoms with Crippen LogP contribution in [0, 0.1) is 0 Å². The number of hydrogen-bond donors (Lipinski definition) is 4. The average molecular weight is 257 g/mol. The second-order valence-electron chi connectivity index (χ2n) is 3.31. The summed E-state index contributed by atoms with van der Waals surface area (Å²) in [5.41, 5.74) is 6.00. The van der Waals surface area contributed by atoms with Crippen molar-refractivity contribution < 1.29 is 24.6 Å². The molecule has 1 aromatic rings. The number of nitrogens with two attached hydrogens (primary N) is 1. The van der Waals surface area contributed by atoms with Gasteiger partial charge in [-0.3, -0.25) is 9.59 Å². The van der Waals surface area contributed by atoms with Gasteiger partial charge in [-0.15, -0.1) is 0 Å². The van der Waals surface area contributed by atoms with Gasteiger partial charge in [0.15, 0.2) is 0 Å². The van der Waals surface area contributed by atoms with E-state index >= 15 is 0 Å². The molecule has 0 fully saturated rings. The quantitative estimate of drug-likeness (QED) is 0.515. The van der Waals surface area contributed by atoms with Crippen LogP contribution in [0.15, 0.2) is 12.5 Å². The molecule has 0 aromatic carbocycles. The van der Waals surface area contributed by atoms with Gasteiger partial charge in [-0.05, 0) is 0 Å². The van der Waals surface area contributed by atoms with Gasteiger partial charge in [0.1, 0.15) is 6.04 Å². The lowest BCUT2D eigenvalue weighted by Gasteiger charge is -2.02. The van der Waals surface area contributed by atoms with E-state index in [9.17, 15) is 14.4 Å². The summed E-state index contributed by atoms with van der Waals surface area (Å²) in [6, 6.07) is -0.851. The van der Waals surface area contributed by atoms with Crippen molar-refractivity contribution in [2.24, 2.45) is 5.73 Å². The Bertz CT molecular complexity index is 402. The van der Waals surface area contributed by atoms with Crippen LogP contribution in [0.1, 0.15) is 19.0 Å². The van der Waals surface area contributed by atoms with Crippen molar-refractivity contribution in [1.29, 1.82) is 0 Å². The van der Waals surface area contributed by atoms with E-state index in [1.54, 1.807) is 6.20 Å². The number of H-pyrrole nitrogens is 1. The molecule has 0 amide bonds. The topological polar surface area (TPSA) is 146 Å². The molecule has 0 aliphatic carbocycles. The molecule has 0 bridgehead atoms. The van der Waals surface area contributed by atoms with Gasteiger partial charge >= 0.3 is 11.9 Å². The van der Waals surface area contributed by atoms with E-state index in [0.717, 1.165) is 5.69 Å². The molecule has 5 N–H and O–H groups in total. The van der Waals surface area contributed by atoms with Gasteiger partial charge in [0.05, 0.1) is 6.33 Å². The Hall–Kier alpha value is -2.22. The van der Waals surface area contributed by atoms with Crippen LogP contribution in [0.25, 0.3) is 0 Å². The molecule has 0 aliphatic rings. The van der Waals surface area contributed by atoms with E-state index in [2.05, 4.69) is 9.97 Å². The van der Waals surface area contributed by atoms with Crippen LogP contribution in [0.3, 0.4) is 0 Å². The maximum absolute atomic E-state index is 10.3. The third-order valence-corrected chi connectivity index (χ3v) is 1.87. The molecule has 1 aromatic heterocycles. The number of aromatic amines is 1. The highest BCUT2D eigenvalue weighted by Crippen LogP contribution is 1.95. The normalized spacial score (nSPS) is 11.0. The predicted molar refractivity (Wildman–Crippen MR) is 60.8 cm³/mol. The van der Waals surface area contributed by atoms with Gasteiger partial charge in [-0.1, -0.05) is 6.92 Å². The van der Waals surface area contributed by atoms with Gasteiger partial charge in [0.2, 0.25) is 5.78 Å². The number of Topliss-reactive ketones (excluding diaryl/α,β-unsaturated/α-hetero) is 1. The first kappa shape index (κ1) is 15.8. The van der Waals surface area contributed by atoms with Crippen LogP contribution < -0.4 is 5.73 Å². The van der Waals surface area contributed by atoms with Crippen LogP contribution >= 0.6 is 0 Å². The van der Waals surface area contributed by atoms with Gasteiger partial charge < -0.3 is 20.9 Å². The summed E-state index contributed by atoms with van der Waals surface area (Å²) >= 11 is 0. The minimum absolute atomic E-state index is 0.0787. The van der Waals surface area contributed by atoms with Crippen molar-refractivity contribution in [2.75, 3.05) is 0 Å². The first-order chi connectivity index (χ1) is 8.38. The Morgan fingerprint density at radius 3 is 2.33 bits per heavy atom. The van der Waals surface area contributed by atoms with Crippen molar-refractivity contribution in [3.63, 3.8) is 0 Å². The molecular formula is C10H15N3O5. The maximum Gasteiger partial charge on any atom is 0.372 e. The predicted octanol–water partition coefficient (Wildman–Crippen LogP) is -0.586. The smallest absolute Gasteiger partial charge is 0.372 e. The lowest BCUT2D eigenvalue weighted by atomic mass is 10.2. The Kier molecular flexibility index (Phi) is 6.98. The zero-order chi connectivity index (χ0) is 14.1. The number of carboxylic acids is 2. The first-order valence-electron chi connectivity index (χ1n) is 5.10. The lowest BCUT2D eigenvalue weighted by Crippen LogP contribution is -2.32. The molecule has 1 heterocycles. The molecule has 0 unspecified atom stereocenters. The number of rotatable bonds is 5. The summed E-state index contributed by atoms with van der Waals surface area (Å²) in [7, 11) is 0. The van der Waals surface area contributed by atoms with Crippen molar-refractivity contribution in [3.05, 3.63) is 18.2 Å². The van der Waals surface area contributed by atoms with Crippen LogP contribution in [0.5, 0.6) is 0 Å². The number of aliphatic carboxylic acids is 2. The molecule has 100 valence electrons. The van der Waals surface area contributed by atoms with Gasteiger partial charge in [-0.25, -0.2) is 9.78 Å². The lowest BCUT2D eigenvalue weighted by molar-refractivity contribution is -0.148. The standard InChI is InChI=1S/C6H9N3O2.C4H6O3/c7-5(6(10)11)1-4-2-8-3-9-4;1-2-3(5)4(6)7/h2-3,5H,1,7H2,(H,8,9)(H,10,11);2H2,1H3,(H,6,7)/t5-;/m0./s1. The number of carbonyl (C=O) groups excluding carboxylic acids is 1. The van der Waals surface area contributed by atoms with Crippen molar-refractivity contribution in [2.45, 2.75) is 25.8 Å². The van der Waals surface area contributed by atoms with Crippen LogP contribution in [-0.2, 0) is 20.8 Å². The van der Waals surface area contributed by atoms with Crippen LogP contribution in [0.4, 0.5) is 0 Å². The number of ketones is 1. The number of imidazole rings is 1. The van der Waals surface area contributed by atoms with E-state index in [1.807, 2.05) is 0 Å². The monoisotopic (exact) mass is 257 g/mol. The molecular weight excluding hydrogens is 242 g/mol. The second-order valence-corrected chi connectivity index (χ2v) is 3.31. The summed E-state index contributed by atoms with van der Waals surface area (Å²) in [5.74, 6) is -3.08. The van der Waals surface area contributed by atoms with Crippen molar-refractivity contribution in [3.8, 4) is 0 Å². The molecule has 0 saturated carbocycles. The highest BCUT2D eigenvalue weighted by molar-refractivity contribution is 6.32. The molecule has 0 saturated heterocycles. The molecule has 18 heavy (non-hydrogen) atoms. The third-order valence-electron chi connectivity index (χ3n) is 1.87. The van der Waals surface area contributed by atoms with Crippen molar-refractivity contribution in [1.82, 2.24) is 9.97 Å². The molecule has 0 spiro atoms. The summed E-state index contributed by atoms with van der Waals surface area (Å²) in [4.78, 5) is 36.3. The second kappa shape index (κ2) is 7.96. The average Bonchev–Trinajstić information content (AvgIpc) is 2.81. The molecule has 0 radical (unpaired) electrons. The Morgan fingerprint density at radius 2 is 2.06 bits per heavy atom. The SMILES string of the molecule is CCC(=O)C(=O)O.N[C@@H](Cc1cnc[nH]1)C(=O)O. The zero-order valence-electron chi connectivity index (χ0n) is 9.79. The first-order valence-corrected chi connectivity index (χ1v) is 5.10. The fourth-order valence-electron chi connectivity index (χ4n) is 0.872. The number of nitrogens with zero attached hydrogens (tertiary/aromatic N) is 1. The highest BCUT2D eigenvalue weighted by atomic mass is 16.4. The largest absolute Gasteiger partial charge is 0.480 e. The number of carboxylic acid groups (broad SMARTS) is 2. The van der Waals surface area contributed by atoms with Gasteiger partial charge in [0.25, 0.3) is 0 Å². The van der Waals surface area contributed by atoms with E-state index < -0.39 is 23.8 Å². The minimum Gasteiger partial charge on any atom is -0.480 e. The van der Waals surface area contributed by atoms with E-state index in [0.29, 0.717) is 0 Å². The number of hydrogen-bond acceptors (Lipinski definition) is 5. The van der Waals surface area contributed by atoms with Gasteiger partial charge in [0, 0.05) is 24.7 Å². The molecule has 8 heteroatoms. The Balaban J connectivity index is 0.000000360. The molecule has 1 rings (SSSR count). The summed E-state index contributed by atoms with van der Waals surface area (Å²) in [6.07, 6.45) is 3.41. The highest BCUT2D eigenvalue weighted by Gasteiger charge is 2.12. The fourth-order valence-corrected chi connectivity index (χ4v) is 0.872. The van der Waals surface area contributed by atoms with Crippen molar-refractivity contribution >= 4 is 17.7 Å². The van der Waals surface area contributed by atoms with E-state index in [1.165, 1.54) is 13.3 Å². The Labute approximate surface area is 103 Å². The Morgan fingerprint density at radius 1 is 1.44 bits per heavy atom. The van der Waals surface area contributed by atoms with E-state index in [-0.39, 0.29) is 12.8 Å². The number of carbonyl (C=O) groups is 3. The zero-order valence-corrected chi connectivity index (χ0v) is 9.79. The van der Waals surface area contributed by atoms with Gasteiger partial charge in [-0.2, -0.15) is 0 Å². The maximum atomic E-state index is 10.3. The van der Waals surface area contributed by atoms with Crippen LogP contribution in [0.2, 0.25) is 0 Å². The van der Waals surface area contributed by atoms with Crippen LogP contribution in [-0.4, -0.2) is 43.9 Å². The molecule has 1 atom stereocenters. The fraction of sp³-hybridized carbons (Fsp3) is 0.400. The third kappa shape index (κ3) is 6.38. The minimum atomic E-state index is -1.34. The summed E-state index contributed by atoms with van der Waals surface area (Å²) < 4.78 is 0. The van der Waals surface area contributed by atoms with E-state index in [4.69, 9.17) is 15.9 Å².